The third-order valence-corrected chi connectivity index (χ3v) is 4.09. The fraction of sp³-hybridized carbons (Fsp3) is 0.667. The average Bonchev–Trinajstić information content (AvgIpc) is 3.16. The first-order chi connectivity index (χ1) is 9.99. The highest BCUT2D eigenvalue weighted by Gasteiger charge is 2.39. The average molecular weight is 293 g/mol. The van der Waals surface area contributed by atoms with Crippen LogP contribution < -0.4 is 0 Å². The van der Waals surface area contributed by atoms with Gasteiger partial charge in [-0.3, -0.25) is 9.48 Å². The molecule has 1 unspecified atom stereocenters. The van der Waals surface area contributed by atoms with E-state index in [4.69, 9.17) is 0 Å². The number of aliphatic carboxylic acids is 1. The summed E-state index contributed by atoms with van der Waals surface area (Å²) in [7, 11) is 0. The molecule has 1 saturated carbocycles. The molecule has 1 atom stereocenters. The SMILES string of the molecule is CCC(CC)n1ccc(C(=O)N(C2CC2)C(C)C(=O)O)n1. The maximum Gasteiger partial charge on any atom is 0.326 e. The number of hydrogen-bond acceptors (Lipinski definition) is 3. The van der Waals surface area contributed by atoms with Gasteiger partial charge in [0.05, 0.1) is 6.04 Å². The summed E-state index contributed by atoms with van der Waals surface area (Å²) in [5.41, 5.74) is 0.335. The van der Waals surface area contributed by atoms with Crippen LogP contribution in [0.5, 0.6) is 0 Å². The zero-order chi connectivity index (χ0) is 15.6. The van der Waals surface area contributed by atoms with Gasteiger partial charge in [-0.05, 0) is 38.7 Å². The first kappa shape index (κ1) is 15.5. The van der Waals surface area contributed by atoms with Gasteiger partial charge in [0.25, 0.3) is 5.91 Å². The van der Waals surface area contributed by atoms with Crippen molar-refractivity contribution in [3.63, 3.8) is 0 Å². The number of carboxylic acids is 1. The molecular formula is C15H23N3O3. The first-order valence-corrected chi connectivity index (χ1v) is 7.60. The normalized spacial score (nSPS) is 16.0. The standard InChI is InChI=1S/C15H23N3O3/c1-4-11(5-2)17-9-8-13(16-17)14(19)18(12-6-7-12)10(3)15(20)21/h8-12H,4-7H2,1-3H3,(H,20,21). The molecule has 2 rings (SSSR count). The zero-order valence-electron chi connectivity index (χ0n) is 12.8. The van der Waals surface area contributed by atoms with Crippen LogP contribution in [-0.2, 0) is 4.79 Å². The Labute approximate surface area is 124 Å². The number of amides is 1. The van der Waals surface area contributed by atoms with Crippen molar-refractivity contribution in [1.29, 1.82) is 0 Å². The Hall–Kier alpha value is -1.85. The second kappa shape index (κ2) is 6.28. The van der Waals surface area contributed by atoms with Gasteiger partial charge in [-0.15, -0.1) is 0 Å². The van der Waals surface area contributed by atoms with Crippen LogP contribution in [0.1, 0.15) is 63.0 Å². The molecule has 1 aromatic heterocycles. The Morgan fingerprint density at radius 2 is 2.05 bits per heavy atom. The molecule has 1 aliphatic rings. The quantitative estimate of drug-likeness (QED) is 0.837. The molecule has 0 spiro atoms. The Kier molecular flexibility index (Phi) is 4.65. The van der Waals surface area contributed by atoms with Gasteiger partial charge in [-0.2, -0.15) is 5.10 Å². The minimum absolute atomic E-state index is 0.0434. The van der Waals surface area contributed by atoms with E-state index in [1.807, 2.05) is 4.68 Å². The third-order valence-electron chi connectivity index (χ3n) is 4.09. The van der Waals surface area contributed by atoms with Crippen LogP contribution in [0.25, 0.3) is 0 Å². The summed E-state index contributed by atoms with van der Waals surface area (Å²) < 4.78 is 1.81. The lowest BCUT2D eigenvalue weighted by atomic mass is 10.2. The van der Waals surface area contributed by atoms with Crippen LogP contribution in [-0.4, -0.2) is 43.7 Å². The number of rotatable bonds is 7. The summed E-state index contributed by atoms with van der Waals surface area (Å²) >= 11 is 0. The molecule has 1 aromatic rings. The van der Waals surface area contributed by atoms with Gasteiger partial charge < -0.3 is 10.0 Å². The predicted octanol–water partition coefficient (Wildman–Crippen LogP) is 2.32. The fourth-order valence-corrected chi connectivity index (χ4v) is 2.58. The monoisotopic (exact) mass is 293 g/mol. The van der Waals surface area contributed by atoms with Crippen molar-refractivity contribution in [2.45, 2.75) is 64.6 Å². The van der Waals surface area contributed by atoms with Gasteiger partial charge in [0, 0.05) is 12.2 Å². The van der Waals surface area contributed by atoms with Gasteiger partial charge in [0.2, 0.25) is 0 Å². The van der Waals surface area contributed by atoms with Gasteiger partial charge in [0.15, 0.2) is 0 Å². The Morgan fingerprint density at radius 1 is 1.43 bits per heavy atom. The maximum atomic E-state index is 12.6. The molecule has 1 aliphatic carbocycles. The molecule has 6 nitrogen and oxygen atoms in total. The van der Waals surface area contributed by atoms with Crippen LogP contribution in [0.4, 0.5) is 0 Å². The van der Waals surface area contributed by atoms with E-state index < -0.39 is 12.0 Å². The highest BCUT2D eigenvalue weighted by atomic mass is 16.4. The molecule has 0 radical (unpaired) electrons. The van der Waals surface area contributed by atoms with Gasteiger partial charge in [0.1, 0.15) is 11.7 Å². The molecule has 6 heteroatoms. The van der Waals surface area contributed by atoms with E-state index in [1.54, 1.807) is 19.2 Å². The van der Waals surface area contributed by atoms with E-state index in [0.717, 1.165) is 25.7 Å². The lowest BCUT2D eigenvalue weighted by Gasteiger charge is -2.25. The number of carbonyl (C=O) groups is 2. The molecule has 1 amide bonds. The van der Waals surface area contributed by atoms with Crippen LogP contribution in [0, 0.1) is 0 Å². The van der Waals surface area contributed by atoms with E-state index in [1.165, 1.54) is 4.90 Å². The largest absolute Gasteiger partial charge is 0.480 e. The molecule has 0 bridgehead atoms. The topological polar surface area (TPSA) is 75.4 Å². The second-order valence-corrected chi connectivity index (χ2v) is 5.61. The minimum Gasteiger partial charge on any atom is -0.480 e. The van der Waals surface area contributed by atoms with E-state index in [-0.39, 0.29) is 18.0 Å². The van der Waals surface area contributed by atoms with E-state index in [9.17, 15) is 14.7 Å². The van der Waals surface area contributed by atoms with E-state index in [2.05, 4.69) is 18.9 Å². The van der Waals surface area contributed by atoms with Gasteiger partial charge in [-0.25, -0.2) is 4.79 Å². The smallest absolute Gasteiger partial charge is 0.326 e. The summed E-state index contributed by atoms with van der Waals surface area (Å²) in [4.78, 5) is 25.2. The number of nitrogens with zero attached hydrogens (tertiary/aromatic N) is 3. The molecular weight excluding hydrogens is 270 g/mol. The van der Waals surface area contributed by atoms with Crippen LogP contribution in [0.3, 0.4) is 0 Å². The van der Waals surface area contributed by atoms with Crippen molar-refractivity contribution in [2.24, 2.45) is 0 Å². The number of carboxylic acid groups (broad SMARTS) is 1. The lowest BCUT2D eigenvalue weighted by molar-refractivity contribution is -0.141. The summed E-state index contributed by atoms with van der Waals surface area (Å²) in [6, 6.07) is 1.19. The molecule has 1 heterocycles. The summed E-state index contributed by atoms with van der Waals surface area (Å²) in [5.74, 6) is -1.26. The van der Waals surface area contributed by atoms with Crippen LogP contribution in [0.2, 0.25) is 0 Å². The second-order valence-electron chi connectivity index (χ2n) is 5.61. The minimum atomic E-state index is -0.977. The van der Waals surface area contributed by atoms with Crippen LogP contribution in [0.15, 0.2) is 12.3 Å². The molecule has 1 N–H and O–H groups in total. The van der Waals surface area contributed by atoms with Crippen LogP contribution >= 0.6 is 0 Å². The number of aromatic nitrogens is 2. The maximum absolute atomic E-state index is 12.6. The molecule has 0 saturated heterocycles. The summed E-state index contributed by atoms with van der Waals surface area (Å²) in [6.07, 6.45) is 5.45. The number of carbonyl (C=O) groups excluding carboxylic acids is 1. The van der Waals surface area contributed by atoms with Crippen molar-refractivity contribution in [2.75, 3.05) is 0 Å². The fourth-order valence-electron chi connectivity index (χ4n) is 2.58. The molecule has 116 valence electrons. The lowest BCUT2D eigenvalue weighted by Crippen LogP contribution is -2.44. The Bertz CT molecular complexity index is 518. The summed E-state index contributed by atoms with van der Waals surface area (Å²) in [6.45, 7) is 5.72. The zero-order valence-corrected chi connectivity index (χ0v) is 12.8. The highest BCUT2D eigenvalue weighted by molar-refractivity contribution is 5.95. The Balaban J connectivity index is 2.19. The predicted molar refractivity (Wildman–Crippen MR) is 78.1 cm³/mol. The van der Waals surface area contributed by atoms with Crippen molar-refractivity contribution < 1.29 is 14.7 Å². The number of hydrogen-bond donors (Lipinski definition) is 1. The van der Waals surface area contributed by atoms with Crippen molar-refractivity contribution >= 4 is 11.9 Å². The molecule has 0 aliphatic heterocycles. The molecule has 1 fully saturated rings. The third kappa shape index (κ3) is 3.25. The molecule has 0 aromatic carbocycles. The Morgan fingerprint density at radius 3 is 2.52 bits per heavy atom. The van der Waals surface area contributed by atoms with Gasteiger partial charge in [-0.1, -0.05) is 13.8 Å². The van der Waals surface area contributed by atoms with Crippen molar-refractivity contribution in [3.05, 3.63) is 18.0 Å². The van der Waals surface area contributed by atoms with Crippen molar-refractivity contribution in [1.82, 2.24) is 14.7 Å². The van der Waals surface area contributed by atoms with Gasteiger partial charge >= 0.3 is 5.97 Å². The molecule has 21 heavy (non-hydrogen) atoms. The van der Waals surface area contributed by atoms with E-state index >= 15 is 0 Å². The summed E-state index contributed by atoms with van der Waals surface area (Å²) in [5, 5.41) is 13.5. The highest BCUT2D eigenvalue weighted by Crippen LogP contribution is 2.30. The van der Waals surface area contributed by atoms with Crippen molar-refractivity contribution in [3.8, 4) is 0 Å². The van der Waals surface area contributed by atoms with E-state index in [0.29, 0.717) is 5.69 Å². The first-order valence-electron chi connectivity index (χ1n) is 7.60.